The highest BCUT2D eigenvalue weighted by Crippen LogP contribution is 2.22. The Morgan fingerprint density at radius 3 is 2.93 bits per heavy atom. The molecule has 0 amide bonds. The molecule has 2 atom stereocenters. The van der Waals surface area contributed by atoms with Crippen LogP contribution in [0.5, 0.6) is 0 Å². The quantitative estimate of drug-likeness (QED) is 0.736. The molecule has 0 radical (unpaired) electrons. The summed E-state index contributed by atoms with van der Waals surface area (Å²) in [5.74, 6) is -0.271. The zero-order valence-corrected chi connectivity index (χ0v) is 9.20. The minimum absolute atomic E-state index is 0.343. The van der Waals surface area contributed by atoms with E-state index >= 15 is 0 Å². The predicted molar refractivity (Wildman–Crippen MR) is 56.3 cm³/mol. The molecule has 0 bridgehead atoms. The van der Waals surface area contributed by atoms with E-state index in [-0.39, 0.29) is 0 Å². The van der Waals surface area contributed by atoms with Gasteiger partial charge in [-0.1, -0.05) is 13.3 Å². The Labute approximate surface area is 86.1 Å². The fraction of sp³-hybridized carbons (Fsp3) is 0.909. The maximum atomic E-state index is 10.5. The monoisotopic (exact) mass is 199 g/mol. The number of carbonyl (C=O) groups is 1. The van der Waals surface area contributed by atoms with Gasteiger partial charge in [0, 0.05) is 19.0 Å². The smallest absolute Gasteiger partial charge is 0.303 e. The van der Waals surface area contributed by atoms with Crippen molar-refractivity contribution in [2.75, 3.05) is 13.1 Å². The second-order valence-electron chi connectivity index (χ2n) is 4.39. The molecule has 0 spiro atoms. The van der Waals surface area contributed by atoms with Crippen molar-refractivity contribution in [1.29, 1.82) is 0 Å². The van der Waals surface area contributed by atoms with Crippen LogP contribution in [0.15, 0.2) is 0 Å². The van der Waals surface area contributed by atoms with Crippen LogP contribution in [0.25, 0.3) is 0 Å². The summed E-state index contributed by atoms with van der Waals surface area (Å²) in [5.41, 5.74) is 0. The fourth-order valence-electron chi connectivity index (χ4n) is 2.28. The Hall–Kier alpha value is -0.570. The minimum atomic E-state index is -0.653. The van der Waals surface area contributed by atoms with Crippen molar-refractivity contribution in [3.8, 4) is 0 Å². The van der Waals surface area contributed by atoms with Crippen LogP contribution in [0.3, 0.4) is 0 Å². The standard InChI is InChI=1S/C11H21NO2/c1-3-4-9(2)12-6-5-10(8-12)7-11(13)14/h9-10H,3-8H2,1-2H3,(H,13,14). The van der Waals surface area contributed by atoms with E-state index in [1.54, 1.807) is 0 Å². The predicted octanol–water partition coefficient (Wildman–Crippen LogP) is 1.97. The molecule has 1 aliphatic heterocycles. The van der Waals surface area contributed by atoms with Crippen LogP contribution in [0.1, 0.15) is 39.5 Å². The Morgan fingerprint density at radius 2 is 2.36 bits per heavy atom. The summed E-state index contributed by atoms with van der Waals surface area (Å²) in [6.07, 6.45) is 3.83. The molecular formula is C11H21NO2. The van der Waals surface area contributed by atoms with E-state index in [0.717, 1.165) is 19.5 Å². The van der Waals surface area contributed by atoms with Gasteiger partial charge in [0.15, 0.2) is 0 Å². The molecule has 1 aliphatic rings. The van der Waals surface area contributed by atoms with Gasteiger partial charge in [-0.05, 0) is 32.2 Å². The van der Waals surface area contributed by atoms with Gasteiger partial charge in [0.05, 0.1) is 0 Å². The van der Waals surface area contributed by atoms with E-state index in [0.29, 0.717) is 18.4 Å². The summed E-state index contributed by atoms with van der Waals surface area (Å²) >= 11 is 0. The zero-order chi connectivity index (χ0) is 10.6. The van der Waals surface area contributed by atoms with Crippen molar-refractivity contribution >= 4 is 5.97 Å². The van der Waals surface area contributed by atoms with Crippen LogP contribution < -0.4 is 0 Å². The van der Waals surface area contributed by atoms with Crippen LogP contribution in [-0.2, 0) is 4.79 Å². The number of nitrogens with zero attached hydrogens (tertiary/aromatic N) is 1. The third kappa shape index (κ3) is 3.29. The fourth-order valence-corrected chi connectivity index (χ4v) is 2.28. The summed E-state index contributed by atoms with van der Waals surface area (Å²) in [4.78, 5) is 13.0. The molecule has 0 aromatic rings. The van der Waals surface area contributed by atoms with Gasteiger partial charge >= 0.3 is 5.97 Å². The lowest BCUT2D eigenvalue weighted by molar-refractivity contribution is -0.138. The molecule has 2 unspecified atom stereocenters. The van der Waals surface area contributed by atoms with Gasteiger partial charge in [0.1, 0.15) is 0 Å². The van der Waals surface area contributed by atoms with E-state index in [4.69, 9.17) is 5.11 Å². The molecule has 0 aliphatic carbocycles. The van der Waals surface area contributed by atoms with Crippen LogP contribution in [0.4, 0.5) is 0 Å². The van der Waals surface area contributed by atoms with Gasteiger partial charge in [-0.25, -0.2) is 0 Å². The van der Waals surface area contributed by atoms with Gasteiger partial charge in [-0.15, -0.1) is 0 Å². The highest BCUT2D eigenvalue weighted by atomic mass is 16.4. The number of hydrogen-bond acceptors (Lipinski definition) is 2. The van der Waals surface area contributed by atoms with Gasteiger partial charge in [-0.3, -0.25) is 4.79 Å². The third-order valence-electron chi connectivity index (χ3n) is 3.11. The second kappa shape index (κ2) is 5.35. The van der Waals surface area contributed by atoms with E-state index < -0.39 is 5.97 Å². The third-order valence-corrected chi connectivity index (χ3v) is 3.11. The van der Waals surface area contributed by atoms with E-state index in [9.17, 15) is 4.79 Å². The normalized spacial score (nSPS) is 25.1. The Kier molecular flexibility index (Phi) is 4.39. The molecule has 0 aromatic heterocycles. The Morgan fingerprint density at radius 1 is 1.64 bits per heavy atom. The Balaban J connectivity index is 2.29. The topological polar surface area (TPSA) is 40.5 Å². The molecule has 14 heavy (non-hydrogen) atoms. The van der Waals surface area contributed by atoms with Gasteiger partial charge < -0.3 is 10.0 Å². The summed E-state index contributed by atoms with van der Waals surface area (Å²) in [6.45, 7) is 6.50. The lowest BCUT2D eigenvalue weighted by Crippen LogP contribution is -2.30. The van der Waals surface area contributed by atoms with Gasteiger partial charge in [0.25, 0.3) is 0 Å². The Bertz CT molecular complexity index is 194. The van der Waals surface area contributed by atoms with Crippen molar-refractivity contribution < 1.29 is 9.90 Å². The molecule has 3 heteroatoms. The van der Waals surface area contributed by atoms with Crippen LogP contribution >= 0.6 is 0 Å². The van der Waals surface area contributed by atoms with Gasteiger partial charge in [0.2, 0.25) is 0 Å². The maximum absolute atomic E-state index is 10.5. The molecule has 1 heterocycles. The van der Waals surface area contributed by atoms with Crippen molar-refractivity contribution in [3.05, 3.63) is 0 Å². The number of aliphatic carboxylic acids is 1. The molecule has 82 valence electrons. The average molecular weight is 199 g/mol. The van der Waals surface area contributed by atoms with Crippen LogP contribution in [-0.4, -0.2) is 35.1 Å². The van der Waals surface area contributed by atoms with Crippen LogP contribution in [0.2, 0.25) is 0 Å². The highest BCUT2D eigenvalue weighted by Gasteiger charge is 2.26. The largest absolute Gasteiger partial charge is 0.481 e. The molecule has 0 aromatic carbocycles. The molecule has 1 rings (SSSR count). The van der Waals surface area contributed by atoms with E-state index in [2.05, 4.69) is 18.7 Å². The average Bonchev–Trinajstić information content (AvgIpc) is 2.52. The first-order valence-corrected chi connectivity index (χ1v) is 5.59. The second-order valence-corrected chi connectivity index (χ2v) is 4.39. The van der Waals surface area contributed by atoms with Crippen molar-refractivity contribution in [2.24, 2.45) is 5.92 Å². The summed E-state index contributed by atoms with van der Waals surface area (Å²) in [7, 11) is 0. The van der Waals surface area contributed by atoms with Crippen molar-refractivity contribution in [3.63, 3.8) is 0 Å². The first-order valence-electron chi connectivity index (χ1n) is 5.59. The highest BCUT2D eigenvalue weighted by molar-refractivity contribution is 5.67. The van der Waals surface area contributed by atoms with E-state index in [1.165, 1.54) is 12.8 Å². The molecular weight excluding hydrogens is 178 g/mol. The number of carboxylic acids is 1. The lowest BCUT2D eigenvalue weighted by Gasteiger charge is -2.23. The lowest BCUT2D eigenvalue weighted by atomic mass is 10.1. The zero-order valence-electron chi connectivity index (χ0n) is 9.20. The first kappa shape index (κ1) is 11.5. The van der Waals surface area contributed by atoms with Crippen LogP contribution in [0, 0.1) is 5.92 Å². The molecule has 1 fully saturated rings. The number of carboxylic acid groups (broad SMARTS) is 1. The maximum Gasteiger partial charge on any atom is 0.303 e. The van der Waals surface area contributed by atoms with E-state index in [1.807, 2.05) is 0 Å². The molecule has 1 N–H and O–H groups in total. The van der Waals surface area contributed by atoms with Gasteiger partial charge in [-0.2, -0.15) is 0 Å². The summed E-state index contributed by atoms with van der Waals surface area (Å²) in [5, 5.41) is 8.68. The van der Waals surface area contributed by atoms with Crippen molar-refractivity contribution in [2.45, 2.75) is 45.6 Å². The number of hydrogen-bond donors (Lipinski definition) is 1. The molecule has 3 nitrogen and oxygen atoms in total. The number of likely N-dealkylation sites (tertiary alicyclic amines) is 1. The first-order chi connectivity index (χ1) is 6.63. The summed E-state index contributed by atoms with van der Waals surface area (Å²) < 4.78 is 0. The minimum Gasteiger partial charge on any atom is -0.481 e. The van der Waals surface area contributed by atoms with Crippen molar-refractivity contribution in [1.82, 2.24) is 4.90 Å². The summed E-state index contributed by atoms with van der Waals surface area (Å²) in [6, 6.07) is 0.624. The molecule has 0 saturated carbocycles. The SMILES string of the molecule is CCCC(C)N1CCC(CC(=O)O)C1. The number of rotatable bonds is 5. The molecule has 1 saturated heterocycles.